The molecule has 1 heterocycles. The van der Waals surface area contributed by atoms with Crippen LogP contribution < -0.4 is 11.1 Å². The number of carbonyl (C=O) groups is 1. The molecule has 0 saturated heterocycles. The van der Waals surface area contributed by atoms with E-state index < -0.39 is 5.82 Å². The van der Waals surface area contributed by atoms with Crippen molar-refractivity contribution >= 4 is 28.9 Å². The maximum Gasteiger partial charge on any atom is 0.256 e. The van der Waals surface area contributed by atoms with Crippen LogP contribution in [-0.2, 0) is 0 Å². The third-order valence-corrected chi connectivity index (χ3v) is 2.61. The summed E-state index contributed by atoms with van der Waals surface area (Å²) in [6, 6.07) is 9.21. The summed E-state index contributed by atoms with van der Waals surface area (Å²) in [5.74, 6) is -0.558. The van der Waals surface area contributed by atoms with E-state index in [1.54, 1.807) is 24.3 Å². The Bertz CT molecular complexity index is 628. The van der Waals surface area contributed by atoms with E-state index in [9.17, 15) is 9.18 Å². The molecule has 0 aliphatic carbocycles. The van der Waals surface area contributed by atoms with Gasteiger partial charge in [-0.1, -0.05) is 24.4 Å². The third-order valence-electron chi connectivity index (χ3n) is 2.38. The zero-order chi connectivity index (χ0) is 13.8. The topological polar surface area (TPSA) is 68.0 Å². The fraction of sp³-hybridized carbons (Fsp3) is 0. The largest absolute Gasteiger partial charge is 0.389 e. The highest BCUT2D eigenvalue weighted by atomic mass is 32.1. The summed E-state index contributed by atoms with van der Waals surface area (Å²) in [5, 5.41) is 2.55. The Hall–Kier alpha value is -2.34. The highest BCUT2D eigenvalue weighted by Gasteiger charge is 2.08. The van der Waals surface area contributed by atoms with Crippen molar-refractivity contribution in [3.05, 3.63) is 59.5 Å². The second kappa shape index (κ2) is 5.53. The van der Waals surface area contributed by atoms with Crippen LogP contribution in [0, 0.1) is 5.82 Å². The number of halogens is 1. The number of nitrogens with two attached hydrogens (primary N) is 1. The first kappa shape index (κ1) is 13.1. The number of rotatable bonds is 3. The summed E-state index contributed by atoms with van der Waals surface area (Å²) in [7, 11) is 0. The number of pyridine rings is 1. The quantitative estimate of drug-likeness (QED) is 0.842. The number of hydrogen-bond donors (Lipinski definition) is 2. The predicted octanol–water partition coefficient (Wildman–Crippen LogP) is 2.11. The molecule has 0 aliphatic heterocycles. The maximum atomic E-state index is 12.7. The lowest BCUT2D eigenvalue weighted by Gasteiger charge is -2.05. The lowest BCUT2D eigenvalue weighted by molar-refractivity contribution is 0.102. The molecule has 6 heteroatoms. The van der Waals surface area contributed by atoms with Gasteiger partial charge in [0.2, 0.25) is 0 Å². The first-order valence-electron chi connectivity index (χ1n) is 5.39. The van der Waals surface area contributed by atoms with Gasteiger partial charge >= 0.3 is 0 Å². The molecule has 0 atom stereocenters. The van der Waals surface area contributed by atoms with Crippen molar-refractivity contribution in [2.45, 2.75) is 0 Å². The molecule has 2 rings (SSSR count). The standard InChI is InChI=1S/C13H10FN3OS/c14-10-4-5-11(16-7-10)17-13(18)9-3-1-2-8(6-9)12(15)19/h1-7H,(H2,15,19)(H,16,17,18). The van der Waals surface area contributed by atoms with Gasteiger partial charge in [0.1, 0.15) is 16.6 Å². The summed E-state index contributed by atoms with van der Waals surface area (Å²) < 4.78 is 12.7. The van der Waals surface area contributed by atoms with Gasteiger partial charge in [0, 0.05) is 11.1 Å². The molecule has 3 N–H and O–H groups in total. The van der Waals surface area contributed by atoms with E-state index in [4.69, 9.17) is 18.0 Å². The minimum Gasteiger partial charge on any atom is -0.389 e. The molecule has 4 nitrogen and oxygen atoms in total. The average Bonchev–Trinajstić information content (AvgIpc) is 2.41. The molecule has 0 fully saturated rings. The molecule has 1 amide bonds. The van der Waals surface area contributed by atoms with Crippen molar-refractivity contribution < 1.29 is 9.18 Å². The Labute approximate surface area is 114 Å². The maximum absolute atomic E-state index is 12.7. The summed E-state index contributed by atoms with van der Waals surface area (Å²) in [6.07, 6.45) is 1.03. The van der Waals surface area contributed by atoms with Gasteiger partial charge in [0.05, 0.1) is 6.20 Å². The number of aromatic nitrogens is 1. The van der Waals surface area contributed by atoms with Crippen LogP contribution in [0.4, 0.5) is 10.2 Å². The van der Waals surface area contributed by atoms with E-state index in [1.165, 1.54) is 12.1 Å². The second-order valence-corrected chi connectivity index (χ2v) is 4.20. The Morgan fingerprint density at radius 2 is 2.00 bits per heavy atom. The minimum atomic E-state index is -0.464. The first-order valence-corrected chi connectivity index (χ1v) is 5.80. The molecule has 0 saturated carbocycles. The van der Waals surface area contributed by atoms with Gasteiger partial charge in [0.15, 0.2) is 0 Å². The smallest absolute Gasteiger partial charge is 0.256 e. The van der Waals surface area contributed by atoms with Crippen LogP contribution in [0.25, 0.3) is 0 Å². The Balaban J connectivity index is 2.18. The van der Waals surface area contributed by atoms with Gasteiger partial charge in [-0.2, -0.15) is 0 Å². The summed E-state index contributed by atoms with van der Waals surface area (Å²) in [6.45, 7) is 0. The monoisotopic (exact) mass is 275 g/mol. The van der Waals surface area contributed by atoms with Crippen molar-refractivity contribution in [1.82, 2.24) is 4.98 Å². The molecule has 19 heavy (non-hydrogen) atoms. The molecule has 0 spiro atoms. The lowest BCUT2D eigenvalue weighted by Crippen LogP contribution is -2.15. The molecule has 0 aliphatic rings. The zero-order valence-electron chi connectivity index (χ0n) is 9.76. The molecule has 96 valence electrons. The summed E-state index contributed by atoms with van der Waals surface area (Å²) in [4.78, 5) is 15.9. The molecular formula is C13H10FN3OS. The van der Waals surface area contributed by atoms with Gasteiger partial charge in [-0.15, -0.1) is 0 Å². The number of amides is 1. The first-order chi connectivity index (χ1) is 9.06. The van der Waals surface area contributed by atoms with E-state index in [0.29, 0.717) is 11.1 Å². The minimum absolute atomic E-state index is 0.217. The Morgan fingerprint density at radius 3 is 2.63 bits per heavy atom. The van der Waals surface area contributed by atoms with E-state index in [-0.39, 0.29) is 16.7 Å². The van der Waals surface area contributed by atoms with Crippen LogP contribution in [0.1, 0.15) is 15.9 Å². The fourth-order valence-corrected chi connectivity index (χ4v) is 1.58. The predicted molar refractivity (Wildman–Crippen MR) is 74.5 cm³/mol. The number of nitrogens with zero attached hydrogens (tertiary/aromatic N) is 1. The lowest BCUT2D eigenvalue weighted by atomic mass is 10.1. The van der Waals surface area contributed by atoms with Crippen molar-refractivity contribution in [3.63, 3.8) is 0 Å². The van der Waals surface area contributed by atoms with Crippen LogP contribution >= 0.6 is 12.2 Å². The molecule has 2 aromatic rings. The number of carbonyl (C=O) groups excluding carboxylic acids is 1. The highest BCUT2D eigenvalue weighted by molar-refractivity contribution is 7.80. The van der Waals surface area contributed by atoms with Crippen LogP contribution in [-0.4, -0.2) is 15.9 Å². The number of benzene rings is 1. The number of anilines is 1. The van der Waals surface area contributed by atoms with Crippen LogP contribution in [0.5, 0.6) is 0 Å². The normalized spacial score (nSPS) is 9.95. The molecule has 0 unspecified atom stereocenters. The zero-order valence-corrected chi connectivity index (χ0v) is 10.6. The van der Waals surface area contributed by atoms with Gasteiger partial charge in [0.25, 0.3) is 5.91 Å². The molecule has 1 aromatic carbocycles. The number of nitrogens with one attached hydrogen (secondary N) is 1. The van der Waals surface area contributed by atoms with Crippen molar-refractivity contribution in [3.8, 4) is 0 Å². The van der Waals surface area contributed by atoms with Crippen LogP contribution in [0.3, 0.4) is 0 Å². The van der Waals surface area contributed by atoms with Crippen molar-refractivity contribution in [2.24, 2.45) is 5.73 Å². The highest BCUT2D eigenvalue weighted by Crippen LogP contribution is 2.09. The van der Waals surface area contributed by atoms with Gasteiger partial charge in [-0.25, -0.2) is 9.37 Å². The summed E-state index contributed by atoms with van der Waals surface area (Å²) >= 11 is 4.84. The third kappa shape index (κ3) is 3.32. The van der Waals surface area contributed by atoms with E-state index >= 15 is 0 Å². The van der Waals surface area contributed by atoms with E-state index in [2.05, 4.69) is 10.3 Å². The van der Waals surface area contributed by atoms with Gasteiger partial charge < -0.3 is 11.1 Å². The summed E-state index contributed by atoms with van der Waals surface area (Å²) in [5.41, 5.74) is 6.50. The molecule has 0 radical (unpaired) electrons. The molecular weight excluding hydrogens is 265 g/mol. The second-order valence-electron chi connectivity index (χ2n) is 3.76. The SMILES string of the molecule is NC(=S)c1cccc(C(=O)Nc2ccc(F)cn2)c1. The fourth-order valence-electron chi connectivity index (χ4n) is 1.45. The van der Waals surface area contributed by atoms with Crippen LogP contribution in [0.15, 0.2) is 42.6 Å². The molecule has 0 bridgehead atoms. The Morgan fingerprint density at radius 1 is 1.26 bits per heavy atom. The number of thiocarbonyl (C=S) groups is 1. The van der Waals surface area contributed by atoms with E-state index in [1.807, 2.05) is 0 Å². The van der Waals surface area contributed by atoms with E-state index in [0.717, 1.165) is 6.20 Å². The van der Waals surface area contributed by atoms with Gasteiger partial charge in [-0.3, -0.25) is 4.79 Å². The van der Waals surface area contributed by atoms with Gasteiger partial charge in [-0.05, 0) is 24.3 Å². The van der Waals surface area contributed by atoms with Crippen LogP contribution in [0.2, 0.25) is 0 Å². The number of hydrogen-bond acceptors (Lipinski definition) is 3. The molecule has 1 aromatic heterocycles. The Kier molecular flexibility index (Phi) is 3.82. The van der Waals surface area contributed by atoms with Crippen molar-refractivity contribution in [2.75, 3.05) is 5.32 Å². The average molecular weight is 275 g/mol. The van der Waals surface area contributed by atoms with Crippen molar-refractivity contribution in [1.29, 1.82) is 0 Å².